The third-order valence-electron chi connectivity index (χ3n) is 2.53. The molecular weight excluding hydrogens is 232 g/mol. The molecule has 5 heteroatoms. The maximum Gasteiger partial charge on any atom is 0.330 e. The lowest BCUT2D eigenvalue weighted by Gasteiger charge is -2.07. The van der Waals surface area contributed by atoms with Crippen LogP contribution in [-0.4, -0.2) is 9.55 Å². The van der Waals surface area contributed by atoms with Crippen molar-refractivity contribution < 1.29 is 4.74 Å². The molecule has 2 aromatic rings. The molecule has 0 bridgehead atoms. The van der Waals surface area contributed by atoms with Crippen LogP contribution in [0.3, 0.4) is 0 Å². The average Bonchev–Trinajstić information content (AvgIpc) is 2.37. The van der Waals surface area contributed by atoms with E-state index >= 15 is 0 Å². The number of aryl methyl sites for hydroxylation is 1. The van der Waals surface area contributed by atoms with Crippen LogP contribution in [0.25, 0.3) is 0 Å². The van der Waals surface area contributed by atoms with Gasteiger partial charge in [0.2, 0.25) is 0 Å². The number of hydrogen-bond donors (Lipinski definition) is 1. The van der Waals surface area contributed by atoms with E-state index in [4.69, 9.17) is 4.74 Å². The van der Waals surface area contributed by atoms with Crippen molar-refractivity contribution in [1.29, 1.82) is 0 Å². The SMILES string of the molecule is Cc1cn(COCc2ccccc2)c(=O)[nH]c1=O. The van der Waals surface area contributed by atoms with E-state index in [0.717, 1.165) is 5.56 Å². The first-order valence-corrected chi connectivity index (χ1v) is 5.59. The highest BCUT2D eigenvalue weighted by atomic mass is 16.5. The minimum absolute atomic E-state index is 0.116. The van der Waals surface area contributed by atoms with Gasteiger partial charge >= 0.3 is 5.69 Å². The monoisotopic (exact) mass is 246 g/mol. The van der Waals surface area contributed by atoms with E-state index in [-0.39, 0.29) is 12.3 Å². The molecule has 1 aromatic carbocycles. The molecule has 0 saturated carbocycles. The second-order valence-electron chi connectivity index (χ2n) is 4.00. The summed E-state index contributed by atoms with van der Waals surface area (Å²) in [7, 11) is 0. The molecule has 2 rings (SSSR count). The zero-order valence-corrected chi connectivity index (χ0v) is 10.1. The maximum atomic E-state index is 11.5. The molecule has 0 aliphatic carbocycles. The Labute approximate surface area is 104 Å². The van der Waals surface area contributed by atoms with Crippen molar-refractivity contribution in [1.82, 2.24) is 9.55 Å². The molecular formula is C13H14N2O3. The van der Waals surface area contributed by atoms with Crippen molar-refractivity contribution in [3.05, 3.63) is 68.5 Å². The highest BCUT2D eigenvalue weighted by Crippen LogP contribution is 2.00. The van der Waals surface area contributed by atoms with E-state index in [2.05, 4.69) is 4.98 Å². The Morgan fingerprint density at radius 1 is 1.22 bits per heavy atom. The Bertz CT molecular complexity index is 629. The molecule has 5 nitrogen and oxygen atoms in total. The van der Waals surface area contributed by atoms with Gasteiger partial charge in [0.1, 0.15) is 6.73 Å². The molecule has 1 heterocycles. The van der Waals surface area contributed by atoms with E-state index < -0.39 is 5.69 Å². The molecule has 18 heavy (non-hydrogen) atoms. The normalized spacial score (nSPS) is 10.5. The summed E-state index contributed by atoms with van der Waals surface area (Å²) in [5, 5.41) is 0. The van der Waals surface area contributed by atoms with Crippen LogP contribution in [0.15, 0.2) is 46.1 Å². The number of nitrogens with one attached hydrogen (secondary N) is 1. The Morgan fingerprint density at radius 2 is 1.94 bits per heavy atom. The predicted molar refractivity (Wildman–Crippen MR) is 67.3 cm³/mol. The number of hydrogen-bond acceptors (Lipinski definition) is 3. The summed E-state index contributed by atoms with van der Waals surface area (Å²) < 4.78 is 6.76. The van der Waals surface area contributed by atoms with Crippen molar-refractivity contribution in [2.24, 2.45) is 0 Å². The van der Waals surface area contributed by atoms with Crippen LogP contribution in [0.1, 0.15) is 11.1 Å². The largest absolute Gasteiger partial charge is 0.356 e. The van der Waals surface area contributed by atoms with Gasteiger partial charge in [-0.25, -0.2) is 4.79 Å². The van der Waals surface area contributed by atoms with Gasteiger partial charge in [-0.05, 0) is 12.5 Å². The Kier molecular flexibility index (Phi) is 3.74. The summed E-state index contributed by atoms with van der Waals surface area (Å²) in [6.45, 7) is 2.18. The van der Waals surface area contributed by atoms with Gasteiger partial charge in [0, 0.05) is 11.8 Å². The molecule has 0 aliphatic rings. The van der Waals surface area contributed by atoms with Crippen molar-refractivity contribution >= 4 is 0 Å². The minimum Gasteiger partial charge on any atom is -0.356 e. The molecule has 0 radical (unpaired) electrons. The van der Waals surface area contributed by atoms with Gasteiger partial charge in [0.25, 0.3) is 5.56 Å². The van der Waals surface area contributed by atoms with E-state index in [1.165, 1.54) is 10.8 Å². The first-order valence-electron chi connectivity index (χ1n) is 5.59. The van der Waals surface area contributed by atoms with E-state index in [1.807, 2.05) is 30.3 Å². The lowest BCUT2D eigenvalue weighted by Crippen LogP contribution is -2.31. The van der Waals surface area contributed by atoms with Crippen LogP contribution in [0, 0.1) is 6.92 Å². The van der Waals surface area contributed by atoms with Crippen molar-refractivity contribution in [2.75, 3.05) is 0 Å². The molecule has 1 aromatic heterocycles. The number of rotatable bonds is 4. The summed E-state index contributed by atoms with van der Waals surface area (Å²) in [6.07, 6.45) is 1.49. The zero-order chi connectivity index (χ0) is 13.0. The second-order valence-corrected chi connectivity index (χ2v) is 4.00. The van der Waals surface area contributed by atoms with Crippen LogP contribution in [-0.2, 0) is 18.1 Å². The van der Waals surface area contributed by atoms with Crippen LogP contribution < -0.4 is 11.2 Å². The summed E-state index contributed by atoms with van der Waals surface area (Å²) in [5.41, 5.74) is 0.697. The number of aromatic amines is 1. The van der Waals surface area contributed by atoms with Gasteiger partial charge in [-0.2, -0.15) is 0 Å². The van der Waals surface area contributed by atoms with Crippen LogP contribution >= 0.6 is 0 Å². The smallest absolute Gasteiger partial charge is 0.330 e. The van der Waals surface area contributed by atoms with Crippen LogP contribution in [0.4, 0.5) is 0 Å². The average molecular weight is 246 g/mol. The first kappa shape index (κ1) is 12.3. The fraction of sp³-hybridized carbons (Fsp3) is 0.231. The van der Waals surface area contributed by atoms with Crippen molar-refractivity contribution in [3.8, 4) is 0 Å². The first-order chi connectivity index (χ1) is 8.66. The molecule has 0 amide bonds. The summed E-state index contributed by atoms with van der Waals surface area (Å²) in [6, 6.07) is 9.67. The highest BCUT2D eigenvalue weighted by Gasteiger charge is 2.00. The molecule has 94 valence electrons. The molecule has 1 N–H and O–H groups in total. The molecule has 0 unspecified atom stereocenters. The standard InChI is InChI=1S/C13H14N2O3/c1-10-7-15(13(17)14-12(10)16)9-18-8-11-5-3-2-4-6-11/h2-7H,8-9H2,1H3,(H,14,16,17). The quantitative estimate of drug-likeness (QED) is 0.876. The van der Waals surface area contributed by atoms with Crippen molar-refractivity contribution in [2.45, 2.75) is 20.3 Å². The molecule has 0 atom stereocenters. The fourth-order valence-electron chi connectivity index (χ4n) is 1.55. The lowest BCUT2D eigenvalue weighted by molar-refractivity contribution is 0.0606. The second kappa shape index (κ2) is 5.46. The Morgan fingerprint density at radius 3 is 2.67 bits per heavy atom. The number of aromatic nitrogens is 2. The Balaban J connectivity index is 2.01. The van der Waals surface area contributed by atoms with Gasteiger partial charge in [-0.15, -0.1) is 0 Å². The molecule has 0 spiro atoms. The number of ether oxygens (including phenoxy) is 1. The van der Waals surface area contributed by atoms with Gasteiger partial charge in [-0.1, -0.05) is 30.3 Å². The van der Waals surface area contributed by atoms with Gasteiger partial charge in [0.05, 0.1) is 6.61 Å². The fourth-order valence-corrected chi connectivity index (χ4v) is 1.55. The van der Waals surface area contributed by atoms with E-state index in [0.29, 0.717) is 12.2 Å². The van der Waals surface area contributed by atoms with E-state index in [1.54, 1.807) is 6.92 Å². The Hall–Kier alpha value is -2.14. The van der Waals surface area contributed by atoms with Gasteiger partial charge < -0.3 is 4.74 Å². The van der Waals surface area contributed by atoms with Crippen molar-refractivity contribution in [3.63, 3.8) is 0 Å². The predicted octanol–water partition coefficient (Wildman–Crippen LogP) is 1.02. The summed E-state index contributed by atoms with van der Waals surface area (Å²) >= 11 is 0. The summed E-state index contributed by atoms with van der Waals surface area (Å²) in [4.78, 5) is 24.9. The minimum atomic E-state index is -0.460. The lowest BCUT2D eigenvalue weighted by atomic mass is 10.2. The third-order valence-corrected chi connectivity index (χ3v) is 2.53. The van der Waals surface area contributed by atoms with Gasteiger partial charge in [0.15, 0.2) is 0 Å². The zero-order valence-electron chi connectivity index (χ0n) is 10.1. The van der Waals surface area contributed by atoms with Crippen LogP contribution in [0.2, 0.25) is 0 Å². The molecule has 0 aliphatic heterocycles. The highest BCUT2D eigenvalue weighted by molar-refractivity contribution is 5.13. The molecule has 0 fully saturated rings. The molecule has 0 saturated heterocycles. The maximum absolute atomic E-state index is 11.5. The number of H-pyrrole nitrogens is 1. The third kappa shape index (κ3) is 2.95. The van der Waals surface area contributed by atoms with Gasteiger partial charge in [-0.3, -0.25) is 14.3 Å². The topological polar surface area (TPSA) is 64.1 Å². The number of benzene rings is 1. The van der Waals surface area contributed by atoms with Crippen LogP contribution in [0.5, 0.6) is 0 Å². The van der Waals surface area contributed by atoms with E-state index in [9.17, 15) is 9.59 Å². The summed E-state index contributed by atoms with van der Waals surface area (Å²) in [5.74, 6) is 0. The number of nitrogens with zero attached hydrogens (tertiary/aromatic N) is 1.